The van der Waals surface area contributed by atoms with Crippen LogP contribution in [-0.2, 0) is 31.0 Å². The van der Waals surface area contributed by atoms with E-state index in [-0.39, 0.29) is 28.4 Å². The first-order chi connectivity index (χ1) is 17.2. The van der Waals surface area contributed by atoms with Gasteiger partial charge in [-0.25, -0.2) is 8.42 Å². The summed E-state index contributed by atoms with van der Waals surface area (Å²) in [5.74, 6) is -0.712. The molecule has 0 amide bonds. The van der Waals surface area contributed by atoms with Gasteiger partial charge < -0.3 is 9.72 Å². The highest BCUT2D eigenvalue weighted by Crippen LogP contribution is 2.39. The van der Waals surface area contributed by atoms with Crippen LogP contribution in [0, 0.1) is 0 Å². The van der Waals surface area contributed by atoms with Gasteiger partial charge >= 0.3 is 12.1 Å². The van der Waals surface area contributed by atoms with Crippen molar-refractivity contribution in [3.8, 4) is 0 Å². The second kappa shape index (κ2) is 10.7. The maximum atomic E-state index is 14.0. The third-order valence-corrected chi connectivity index (χ3v) is 8.26. The first-order valence-corrected chi connectivity index (χ1v) is 13.6. The monoisotopic (exact) mass is 535 g/mol. The minimum atomic E-state index is -4.56. The maximum Gasteiger partial charge on any atom is 0.416 e. The summed E-state index contributed by atoms with van der Waals surface area (Å²) in [4.78, 5) is 15.4. The van der Waals surface area contributed by atoms with Gasteiger partial charge in [0.15, 0.2) is 0 Å². The average Bonchev–Trinajstić information content (AvgIpc) is 3.23. The van der Waals surface area contributed by atoms with Crippen LogP contribution < -0.4 is 0 Å². The summed E-state index contributed by atoms with van der Waals surface area (Å²) >= 11 is 0. The Morgan fingerprint density at radius 1 is 1.08 bits per heavy atom. The van der Waals surface area contributed by atoms with Crippen LogP contribution in [0.2, 0.25) is 0 Å². The number of fused-ring (bicyclic) bond motifs is 1. The van der Waals surface area contributed by atoms with Crippen LogP contribution in [0.1, 0.15) is 80.0 Å². The standard InChI is InChI=1S/C28H32F3NO4S/c1-6-8-12-25(33)36-26(23-17-19-16-21(28(29,30)31)13-14-22(19)32-23)37(34,35)24(7-2)18-10-9-11-20(15-18)27(3,4)5/h7,9-11,13-17,24,26,32H,2,6,8,12H2,1,3-5H3. The summed E-state index contributed by atoms with van der Waals surface area (Å²) in [6, 6.07) is 11.4. The summed E-state index contributed by atoms with van der Waals surface area (Å²) in [7, 11) is -4.30. The number of ether oxygens (including phenoxy) is 1. The first kappa shape index (κ1) is 28.5. The number of hydrogen-bond donors (Lipinski definition) is 1. The Morgan fingerprint density at radius 3 is 2.38 bits per heavy atom. The van der Waals surface area contributed by atoms with Crippen LogP contribution in [0.5, 0.6) is 0 Å². The Hall–Kier alpha value is -3.07. The smallest absolute Gasteiger partial charge is 0.416 e. The van der Waals surface area contributed by atoms with E-state index in [1.807, 2.05) is 33.8 Å². The van der Waals surface area contributed by atoms with Crippen LogP contribution in [-0.4, -0.2) is 19.4 Å². The number of carbonyl (C=O) groups excluding carboxylic acids is 1. The van der Waals surface area contributed by atoms with E-state index in [1.54, 1.807) is 18.2 Å². The van der Waals surface area contributed by atoms with Crippen molar-refractivity contribution in [3.63, 3.8) is 0 Å². The molecule has 0 fully saturated rings. The number of unbranched alkanes of at least 4 members (excludes halogenated alkanes) is 1. The molecule has 0 saturated heterocycles. The zero-order valence-corrected chi connectivity index (χ0v) is 22.2. The van der Waals surface area contributed by atoms with Crippen molar-refractivity contribution in [2.24, 2.45) is 0 Å². The van der Waals surface area contributed by atoms with E-state index in [0.29, 0.717) is 18.4 Å². The van der Waals surface area contributed by atoms with Gasteiger partial charge in [-0.3, -0.25) is 4.79 Å². The second-order valence-electron chi connectivity index (χ2n) is 10.1. The van der Waals surface area contributed by atoms with Crippen molar-refractivity contribution < 1.29 is 31.1 Å². The number of sulfone groups is 1. The Bertz CT molecular complexity index is 1380. The van der Waals surface area contributed by atoms with Gasteiger partial charge in [0, 0.05) is 17.3 Å². The molecule has 0 aliphatic heterocycles. The van der Waals surface area contributed by atoms with E-state index >= 15 is 0 Å². The minimum Gasteiger partial charge on any atom is -0.439 e. The number of carbonyl (C=O) groups is 1. The Labute approximate surface area is 215 Å². The molecule has 9 heteroatoms. The molecule has 5 nitrogen and oxygen atoms in total. The highest BCUT2D eigenvalue weighted by atomic mass is 32.2. The van der Waals surface area contributed by atoms with Crippen molar-refractivity contribution >= 4 is 26.7 Å². The summed E-state index contributed by atoms with van der Waals surface area (Å²) in [5, 5.41) is -1.07. The summed E-state index contributed by atoms with van der Waals surface area (Å²) < 4.78 is 73.2. The van der Waals surface area contributed by atoms with Crippen LogP contribution >= 0.6 is 0 Å². The van der Waals surface area contributed by atoms with Crippen LogP contribution in [0.3, 0.4) is 0 Å². The Morgan fingerprint density at radius 2 is 1.78 bits per heavy atom. The summed E-state index contributed by atoms with van der Waals surface area (Å²) in [6.45, 7) is 11.6. The zero-order valence-electron chi connectivity index (χ0n) is 21.4. The lowest BCUT2D eigenvalue weighted by Crippen LogP contribution is -2.25. The predicted molar refractivity (Wildman–Crippen MR) is 139 cm³/mol. The van der Waals surface area contributed by atoms with Crippen LogP contribution in [0.4, 0.5) is 13.2 Å². The molecule has 0 aliphatic carbocycles. The molecule has 1 heterocycles. The van der Waals surface area contributed by atoms with Crippen molar-refractivity contribution in [1.82, 2.24) is 4.98 Å². The molecule has 2 atom stereocenters. The third-order valence-electron chi connectivity index (χ3n) is 6.14. The fraction of sp³-hybridized carbons (Fsp3) is 0.393. The first-order valence-electron chi connectivity index (χ1n) is 12.0. The largest absolute Gasteiger partial charge is 0.439 e. The van der Waals surface area contributed by atoms with Gasteiger partial charge in [0.2, 0.25) is 15.3 Å². The van der Waals surface area contributed by atoms with Gasteiger partial charge in [-0.1, -0.05) is 64.5 Å². The molecule has 0 saturated carbocycles. The number of halogens is 3. The van der Waals surface area contributed by atoms with Gasteiger partial charge in [0.25, 0.3) is 0 Å². The molecule has 3 aromatic rings. The van der Waals surface area contributed by atoms with Crippen LogP contribution in [0.25, 0.3) is 10.9 Å². The lowest BCUT2D eigenvalue weighted by atomic mass is 9.86. The van der Waals surface area contributed by atoms with Gasteiger partial charge in [0.05, 0.1) is 11.3 Å². The molecule has 0 aliphatic rings. The lowest BCUT2D eigenvalue weighted by molar-refractivity contribution is -0.146. The van der Waals surface area contributed by atoms with Crippen molar-refractivity contribution in [1.29, 1.82) is 0 Å². The SMILES string of the molecule is C=CC(c1cccc(C(C)(C)C)c1)S(=O)(=O)C(OC(=O)CCCC)c1cc2cc(C(F)(F)F)ccc2[nH]1. The predicted octanol–water partition coefficient (Wildman–Crippen LogP) is 7.56. The quantitative estimate of drug-likeness (QED) is 0.227. The second-order valence-corrected chi connectivity index (χ2v) is 12.2. The van der Waals surface area contributed by atoms with E-state index in [4.69, 9.17) is 4.74 Å². The number of hydrogen-bond acceptors (Lipinski definition) is 4. The number of aromatic nitrogens is 1. The average molecular weight is 536 g/mol. The number of benzene rings is 2. The number of esters is 1. The van der Waals surface area contributed by atoms with E-state index in [2.05, 4.69) is 11.6 Å². The van der Waals surface area contributed by atoms with E-state index in [1.165, 1.54) is 18.2 Å². The molecule has 2 aromatic carbocycles. The normalized spacial score (nSPS) is 14.4. The van der Waals surface area contributed by atoms with Gasteiger partial charge in [-0.2, -0.15) is 13.2 Å². The zero-order chi connectivity index (χ0) is 27.6. The fourth-order valence-electron chi connectivity index (χ4n) is 4.04. The molecule has 1 N–H and O–H groups in total. The molecule has 2 unspecified atom stereocenters. The number of nitrogens with one attached hydrogen (secondary N) is 1. The molecule has 3 rings (SSSR count). The van der Waals surface area contributed by atoms with Crippen LogP contribution in [0.15, 0.2) is 61.2 Å². The molecule has 37 heavy (non-hydrogen) atoms. The van der Waals surface area contributed by atoms with E-state index in [9.17, 15) is 26.4 Å². The number of rotatable bonds is 9. The molecule has 0 spiro atoms. The van der Waals surface area contributed by atoms with Crippen molar-refractivity contribution in [3.05, 3.63) is 83.6 Å². The summed E-state index contributed by atoms with van der Waals surface area (Å²) in [5.41, 5.74) is -1.25. The molecular weight excluding hydrogens is 503 g/mol. The molecular formula is C28H32F3NO4S. The Balaban J connectivity index is 2.12. The highest BCUT2D eigenvalue weighted by Gasteiger charge is 2.39. The minimum absolute atomic E-state index is 0.0131. The number of alkyl halides is 3. The van der Waals surface area contributed by atoms with Gasteiger partial charge in [-0.15, -0.1) is 6.58 Å². The number of aromatic amines is 1. The number of H-pyrrole nitrogens is 1. The Kier molecular flexibility index (Phi) is 8.27. The molecule has 200 valence electrons. The van der Waals surface area contributed by atoms with Crippen molar-refractivity contribution in [2.75, 3.05) is 0 Å². The van der Waals surface area contributed by atoms with E-state index < -0.39 is 38.2 Å². The molecule has 0 bridgehead atoms. The van der Waals surface area contributed by atoms with Gasteiger partial charge in [-0.05, 0) is 47.2 Å². The third kappa shape index (κ3) is 6.44. The molecule has 1 aromatic heterocycles. The topological polar surface area (TPSA) is 76.2 Å². The summed E-state index contributed by atoms with van der Waals surface area (Å²) in [6.07, 6.45) is -2.07. The van der Waals surface area contributed by atoms with E-state index in [0.717, 1.165) is 17.7 Å². The van der Waals surface area contributed by atoms with Gasteiger partial charge in [0.1, 0.15) is 5.25 Å². The molecule has 0 radical (unpaired) electrons. The van der Waals surface area contributed by atoms with Crippen molar-refractivity contribution in [2.45, 2.75) is 69.2 Å². The lowest BCUT2D eigenvalue weighted by Gasteiger charge is -2.24. The fourth-order valence-corrected chi connectivity index (χ4v) is 5.82. The maximum absolute atomic E-state index is 14.0. The highest BCUT2D eigenvalue weighted by molar-refractivity contribution is 7.91.